The van der Waals surface area contributed by atoms with Crippen molar-refractivity contribution in [1.82, 2.24) is 4.90 Å². The monoisotopic (exact) mass is 492 g/mol. The van der Waals surface area contributed by atoms with Crippen LogP contribution < -0.4 is 5.32 Å². The van der Waals surface area contributed by atoms with E-state index in [1.54, 1.807) is 27.9 Å². The molecule has 8 nitrogen and oxygen atoms in total. The summed E-state index contributed by atoms with van der Waals surface area (Å²) in [7, 11) is 3.21. The highest BCUT2D eigenvalue weighted by molar-refractivity contribution is 7.18. The SMILES string of the molecule is CCOC(=O)c1c(NC(=O)COC(=O)c2cc3c(s2)CC[C@H](C)C3)sc(C(=O)N(C)C)c1C. The number of hydrogen-bond donors (Lipinski definition) is 1. The number of thiophene rings is 2. The minimum Gasteiger partial charge on any atom is -0.462 e. The fraction of sp³-hybridized carbons (Fsp3) is 0.478. The zero-order chi connectivity index (χ0) is 24.3. The Balaban J connectivity index is 1.70. The van der Waals surface area contributed by atoms with Crippen molar-refractivity contribution < 1.29 is 28.7 Å². The Bertz CT molecular complexity index is 1090. The molecule has 0 saturated heterocycles. The average Bonchev–Trinajstić information content (AvgIpc) is 3.32. The zero-order valence-electron chi connectivity index (χ0n) is 19.4. The maximum absolute atomic E-state index is 12.5. The van der Waals surface area contributed by atoms with Gasteiger partial charge in [0, 0.05) is 19.0 Å². The third kappa shape index (κ3) is 5.62. The van der Waals surface area contributed by atoms with Gasteiger partial charge in [0.25, 0.3) is 11.8 Å². The summed E-state index contributed by atoms with van der Waals surface area (Å²) < 4.78 is 10.3. The van der Waals surface area contributed by atoms with Crippen molar-refractivity contribution in [3.05, 3.63) is 37.4 Å². The van der Waals surface area contributed by atoms with Gasteiger partial charge in [-0.05, 0) is 56.2 Å². The quantitative estimate of drug-likeness (QED) is 0.588. The molecule has 1 atom stereocenters. The van der Waals surface area contributed by atoms with Gasteiger partial charge in [0.1, 0.15) is 9.88 Å². The molecule has 1 aliphatic rings. The molecule has 1 N–H and O–H groups in total. The van der Waals surface area contributed by atoms with E-state index in [0.29, 0.717) is 21.2 Å². The van der Waals surface area contributed by atoms with Crippen molar-refractivity contribution in [2.24, 2.45) is 5.92 Å². The summed E-state index contributed by atoms with van der Waals surface area (Å²) in [5.41, 5.74) is 1.75. The Labute approximate surface area is 200 Å². The van der Waals surface area contributed by atoms with Gasteiger partial charge >= 0.3 is 11.9 Å². The molecule has 0 radical (unpaired) electrons. The molecule has 10 heteroatoms. The first-order chi connectivity index (χ1) is 15.6. The molecule has 2 aromatic heterocycles. The van der Waals surface area contributed by atoms with Crippen molar-refractivity contribution in [1.29, 1.82) is 0 Å². The topological polar surface area (TPSA) is 102 Å². The van der Waals surface area contributed by atoms with Crippen molar-refractivity contribution in [2.45, 2.75) is 40.0 Å². The fourth-order valence-electron chi connectivity index (χ4n) is 3.63. The van der Waals surface area contributed by atoms with Crippen LogP contribution in [0.2, 0.25) is 0 Å². The molecule has 1 aliphatic carbocycles. The predicted octanol–water partition coefficient (Wildman–Crippen LogP) is 3.92. The van der Waals surface area contributed by atoms with Gasteiger partial charge < -0.3 is 19.7 Å². The summed E-state index contributed by atoms with van der Waals surface area (Å²) in [6.07, 6.45) is 3.00. The highest BCUT2D eigenvalue weighted by atomic mass is 32.1. The maximum Gasteiger partial charge on any atom is 0.348 e. The minimum atomic E-state index is -0.630. The molecule has 2 amide bonds. The molecule has 178 valence electrons. The van der Waals surface area contributed by atoms with Crippen LogP contribution in [0.4, 0.5) is 5.00 Å². The van der Waals surface area contributed by atoms with Crippen molar-refractivity contribution in [2.75, 3.05) is 32.6 Å². The number of amides is 2. The van der Waals surface area contributed by atoms with Crippen LogP contribution in [0.1, 0.15) is 66.0 Å². The van der Waals surface area contributed by atoms with E-state index < -0.39 is 24.5 Å². The number of rotatable bonds is 7. The van der Waals surface area contributed by atoms with Crippen LogP contribution in [-0.4, -0.2) is 56.0 Å². The van der Waals surface area contributed by atoms with E-state index in [1.807, 2.05) is 6.07 Å². The van der Waals surface area contributed by atoms with Crippen LogP contribution in [-0.2, 0) is 27.1 Å². The summed E-state index contributed by atoms with van der Waals surface area (Å²) in [5.74, 6) is -1.47. The van der Waals surface area contributed by atoms with Gasteiger partial charge in [0.05, 0.1) is 17.0 Å². The highest BCUT2D eigenvalue weighted by Crippen LogP contribution is 2.35. The van der Waals surface area contributed by atoms with Crippen molar-refractivity contribution >= 4 is 51.4 Å². The lowest BCUT2D eigenvalue weighted by atomic mass is 9.90. The lowest BCUT2D eigenvalue weighted by Crippen LogP contribution is -2.21. The van der Waals surface area contributed by atoms with Gasteiger partial charge in [0.15, 0.2) is 6.61 Å². The summed E-state index contributed by atoms with van der Waals surface area (Å²) in [4.78, 5) is 53.3. The first-order valence-electron chi connectivity index (χ1n) is 10.7. The van der Waals surface area contributed by atoms with Gasteiger partial charge in [0.2, 0.25) is 0 Å². The van der Waals surface area contributed by atoms with Gasteiger partial charge in [-0.3, -0.25) is 9.59 Å². The fourth-order valence-corrected chi connectivity index (χ4v) is 5.96. The van der Waals surface area contributed by atoms with E-state index in [1.165, 1.54) is 26.7 Å². The molecule has 0 aromatic carbocycles. The standard InChI is InChI=1S/C23H28N2O6S2/c1-6-30-23(29)18-13(3)19(21(27)25(4)5)33-20(18)24-17(26)11-31-22(28)16-10-14-9-12(2)7-8-15(14)32-16/h10,12H,6-9,11H2,1-5H3,(H,24,26)/t12-/m0/s1. The second-order valence-electron chi connectivity index (χ2n) is 8.21. The van der Waals surface area contributed by atoms with Crippen LogP contribution in [0, 0.1) is 12.8 Å². The van der Waals surface area contributed by atoms with Crippen LogP contribution in [0.3, 0.4) is 0 Å². The van der Waals surface area contributed by atoms with Crippen LogP contribution in [0.15, 0.2) is 6.07 Å². The lowest BCUT2D eigenvalue weighted by molar-refractivity contribution is -0.119. The molecular formula is C23H28N2O6S2. The van der Waals surface area contributed by atoms with Gasteiger partial charge in [-0.15, -0.1) is 22.7 Å². The van der Waals surface area contributed by atoms with E-state index in [9.17, 15) is 19.2 Å². The van der Waals surface area contributed by atoms with Crippen LogP contribution in [0.25, 0.3) is 0 Å². The second-order valence-corrected chi connectivity index (χ2v) is 10.4. The summed E-state index contributed by atoms with van der Waals surface area (Å²) in [5, 5.41) is 2.79. The third-order valence-corrected chi connectivity index (χ3v) is 7.76. The largest absolute Gasteiger partial charge is 0.462 e. The highest BCUT2D eigenvalue weighted by Gasteiger charge is 2.28. The number of carbonyl (C=O) groups is 4. The van der Waals surface area contributed by atoms with E-state index >= 15 is 0 Å². The Hall–Kier alpha value is -2.72. The lowest BCUT2D eigenvalue weighted by Gasteiger charge is -2.16. The van der Waals surface area contributed by atoms with E-state index in [0.717, 1.165) is 30.6 Å². The molecule has 2 heterocycles. The van der Waals surface area contributed by atoms with Crippen LogP contribution in [0.5, 0.6) is 0 Å². The number of hydrogen-bond acceptors (Lipinski definition) is 8. The summed E-state index contributed by atoms with van der Waals surface area (Å²) in [6.45, 7) is 5.14. The van der Waals surface area contributed by atoms with Gasteiger partial charge in [-0.2, -0.15) is 0 Å². The molecule has 0 spiro atoms. The average molecular weight is 493 g/mol. The summed E-state index contributed by atoms with van der Waals surface area (Å²) in [6, 6.07) is 1.86. The summed E-state index contributed by atoms with van der Waals surface area (Å²) >= 11 is 2.41. The normalized spacial score (nSPS) is 14.9. The third-order valence-electron chi connectivity index (χ3n) is 5.34. The molecule has 0 unspecified atom stereocenters. The Morgan fingerprint density at radius 1 is 1.15 bits per heavy atom. The molecule has 33 heavy (non-hydrogen) atoms. The number of ether oxygens (including phenoxy) is 2. The number of nitrogens with one attached hydrogen (secondary N) is 1. The Kier molecular flexibility index (Phi) is 7.91. The molecule has 0 aliphatic heterocycles. The molecule has 0 saturated carbocycles. The zero-order valence-corrected chi connectivity index (χ0v) is 21.0. The minimum absolute atomic E-state index is 0.131. The van der Waals surface area contributed by atoms with Crippen molar-refractivity contribution in [3.8, 4) is 0 Å². The van der Waals surface area contributed by atoms with Crippen LogP contribution >= 0.6 is 22.7 Å². The Morgan fingerprint density at radius 3 is 2.55 bits per heavy atom. The number of carbonyl (C=O) groups excluding carboxylic acids is 4. The smallest absolute Gasteiger partial charge is 0.348 e. The second kappa shape index (κ2) is 10.5. The van der Waals surface area contributed by atoms with E-state index in [2.05, 4.69) is 12.2 Å². The predicted molar refractivity (Wildman–Crippen MR) is 127 cm³/mol. The maximum atomic E-state index is 12.5. The number of fused-ring (bicyclic) bond motifs is 1. The van der Waals surface area contributed by atoms with Crippen molar-refractivity contribution in [3.63, 3.8) is 0 Å². The first-order valence-corrected chi connectivity index (χ1v) is 12.4. The molecular weight excluding hydrogens is 464 g/mol. The molecule has 2 aromatic rings. The van der Waals surface area contributed by atoms with E-state index in [-0.39, 0.29) is 23.1 Å². The number of nitrogens with zero attached hydrogens (tertiary/aromatic N) is 1. The molecule has 0 fully saturated rings. The van der Waals surface area contributed by atoms with E-state index in [4.69, 9.17) is 9.47 Å². The van der Waals surface area contributed by atoms with Gasteiger partial charge in [-0.1, -0.05) is 6.92 Å². The molecule has 0 bridgehead atoms. The first kappa shape index (κ1) is 24.9. The number of aryl methyl sites for hydroxylation is 1. The van der Waals surface area contributed by atoms with Gasteiger partial charge in [-0.25, -0.2) is 9.59 Å². The molecule has 3 rings (SSSR count). The Morgan fingerprint density at radius 2 is 1.88 bits per heavy atom. The number of anilines is 1. The number of esters is 2.